The summed E-state index contributed by atoms with van der Waals surface area (Å²) in [5.41, 5.74) is 3.52. The van der Waals surface area contributed by atoms with Gasteiger partial charge in [-0.05, 0) is 30.7 Å². The van der Waals surface area contributed by atoms with E-state index in [1.165, 1.54) is 16.0 Å². The maximum atomic E-state index is 11.0. The summed E-state index contributed by atoms with van der Waals surface area (Å²) in [7, 11) is 0. The van der Waals surface area contributed by atoms with Crippen LogP contribution >= 0.6 is 0 Å². The molecule has 1 saturated heterocycles. The maximum absolute atomic E-state index is 11.0. The van der Waals surface area contributed by atoms with Gasteiger partial charge in [-0.15, -0.1) is 0 Å². The van der Waals surface area contributed by atoms with Crippen molar-refractivity contribution in [3.63, 3.8) is 0 Å². The summed E-state index contributed by atoms with van der Waals surface area (Å²) in [6, 6.07) is 8.37. The van der Waals surface area contributed by atoms with Gasteiger partial charge in [-0.25, -0.2) is 9.78 Å². The molecule has 2 aromatic rings. The molecule has 0 saturated carbocycles. The van der Waals surface area contributed by atoms with Crippen LogP contribution in [0, 0.1) is 5.92 Å². The number of benzene rings is 1. The second kappa shape index (κ2) is 5.94. The highest BCUT2D eigenvalue weighted by atomic mass is 16.4. The average Bonchev–Trinajstić information content (AvgIpc) is 3.18. The zero-order valence-corrected chi connectivity index (χ0v) is 13.4. The number of rotatable bonds is 3. The largest absolute Gasteiger partial charge is 0.465 e. The summed E-state index contributed by atoms with van der Waals surface area (Å²) >= 11 is 0. The molecule has 126 valence electrons. The van der Waals surface area contributed by atoms with E-state index in [9.17, 15) is 9.90 Å². The Morgan fingerprint density at radius 2 is 2.04 bits per heavy atom. The zero-order chi connectivity index (χ0) is 16.7. The van der Waals surface area contributed by atoms with Crippen LogP contribution in [0.3, 0.4) is 0 Å². The first-order chi connectivity index (χ1) is 11.6. The van der Waals surface area contributed by atoms with Crippen LogP contribution in [0.4, 0.5) is 4.79 Å². The fourth-order valence-corrected chi connectivity index (χ4v) is 4.07. The molecular formula is C18H21N3O3. The van der Waals surface area contributed by atoms with E-state index < -0.39 is 12.2 Å². The number of aromatic nitrogens is 2. The van der Waals surface area contributed by atoms with E-state index in [1.54, 1.807) is 0 Å². The number of fused-ring (bicyclic) bond motifs is 3. The fourth-order valence-electron chi connectivity index (χ4n) is 4.07. The second-order valence-corrected chi connectivity index (χ2v) is 6.70. The molecule has 0 bridgehead atoms. The van der Waals surface area contributed by atoms with Crippen molar-refractivity contribution in [2.45, 2.75) is 31.4 Å². The van der Waals surface area contributed by atoms with Gasteiger partial charge in [-0.1, -0.05) is 24.3 Å². The third kappa shape index (κ3) is 2.47. The number of piperidine rings is 1. The molecule has 2 N–H and O–H groups in total. The molecule has 2 aliphatic heterocycles. The third-order valence-electron chi connectivity index (χ3n) is 5.42. The molecule has 6 nitrogen and oxygen atoms in total. The van der Waals surface area contributed by atoms with Crippen LogP contribution in [-0.2, 0) is 0 Å². The zero-order valence-electron chi connectivity index (χ0n) is 13.4. The van der Waals surface area contributed by atoms with Crippen molar-refractivity contribution >= 4 is 6.09 Å². The van der Waals surface area contributed by atoms with Crippen molar-refractivity contribution in [3.8, 4) is 11.3 Å². The number of hydrogen-bond donors (Lipinski definition) is 2. The Morgan fingerprint density at radius 3 is 2.79 bits per heavy atom. The van der Waals surface area contributed by atoms with Crippen LogP contribution in [0.25, 0.3) is 11.3 Å². The van der Waals surface area contributed by atoms with Gasteiger partial charge in [0, 0.05) is 18.7 Å². The van der Waals surface area contributed by atoms with Crippen molar-refractivity contribution < 1.29 is 15.0 Å². The smallest absolute Gasteiger partial charge is 0.407 e. The third-order valence-corrected chi connectivity index (χ3v) is 5.42. The number of carbonyl (C=O) groups is 1. The van der Waals surface area contributed by atoms with E-state index >= 15 is 0 Å². The average molecular weight is 327 g/mol. The normalized spacial score (nSPS) is 21.4. The molecule has 2 atom stereocenters. The van der Waals surface area contributed by atoms with Crippen molar-refractivity contribution in [1.82, 2.24) is 14.5 Å². The van der Waals surface area contributed by atoms with Crippen LogP contribution < -0.4 is 0 Å². The highest BCUT2D eigenvalue weighted by Gasteiger charge is 2.33. The first-order valence-electron chi connectivity index (χ1n) is 8.42. The van der Waals surface area contributed by atoms with Crippen molar-refractivity contribution in [2.24, 2.45) is 5.92 Å². The van der Waals surface area contributed by atoms with Gasteiger partial charge in [0.1, 0.15) is 0 Å². The lowest BCUT2D eigenvalue weighted by atomic mass is 9.86. The van der Waals surface area contributed by atoms with Gasteiger partial charge in [-0.3, -0.25) is 0 Å². The first-order valence-corrected chi connectivity index (χ1v) is 8.42. The van der Waals surface area contributed by atoms with Gasteiger partial charge >= 0.3 is 6.09 Å². The first kappa shape index (κ1) is 15.2. The molecule has 2 unspecified atom stereocenters. The SMILES string of the molecule is O=C(O)N1CCC(C(O)CC2c3ccccc3-c3cncn32)CC1. The molecule has 2 aliphatic rings. The molecule has 6 heteroatoms. The molecular weight excluding hydrogens is 306 g/mol. The molecule has 3 heterocycles. The Balaban J connectivity index is 1.49. The fraction of sp³-hybridized carbons (Fsp3) is 0.444. The number of likely N-dealkylation sites (tertiary alicyclic amines) is 1. The van der Waals surface area contributed by atoms with Crippen molar-refractivity contribution in [3.05, 3.63) is 42.4 Å². The molecule has 0 radical (unpaired) electrons. The minimum Gasteiger partial charge on any atom is -0.465 e. The molecule has 1 fully saturated rings. The summed E-state index contributed by atoms with van der Waals surface area (Å²) in [4.78, 5) is 16.7. The van der Waals surface area contributed by atoms with E-state index in [-0.39, 0.29) is 12.0 Å². The van der Waals surface area contributed by atoms with Crippen LogP contribution in [0.2, 0.25) is 0 Å². The minimum absolute atomic E-state index is 0.103. The number of carboxylic acid groups (broad SMARTS) is 1. The van der Waals surface area contributed by atoms with E-state index in [4.69, 9.17) is 5.11 Å². The predicted molar refractivity (Wildman–Crippen MR) is 88.7 cm³/mol. The topological polar surface area (TPSA) is 78.6 Å². The summed E-state index contributed by atoms with van der Waals surface area (Å²) in [5, 5.41) is 19.8. The number of aliphatic hydroxyl groups is 1. The van der Waals surface area contributed by atoms with Crippen LogP contribution in [0.5, 0.6) is 0 Å². The quantitative estimate of drug-likeness (QED) is 0.908. The molecule has 1 aromatic heterocycles. The lowest BCUT2D eigenvalue weighted by Gasteiger charge is -2.33. The molecule has 4 rings (SSSR count). The van der Waals surface area contributed by atoms with Crippen LogP contribution in [0.1, 0.15) is 30.9 Å². The number of amides is 1. The summed E-state index contributed by atoms with van der Waals surface area (Å²) in [6.45, 7) is 1.02. The Bertz CT molecular complexity index is 749. The molecule has 1 aromatic carbocycles. The predicted octanol–water partition coefficient (Wildman–Crippen LogP) is 2.59. The van der Waals surface area contributed by atoms with Gasteiger partial charge in [0.15, 0.2) is 0 Å². The Kier molecular flexibility index (Phi) is 3.76. The lowest BCUT2D eigenvalue weighted by molar-refractivity contribution is 0.0469. The maximum Gasteiger partial charge on any atom is 0.407 e. The van der Waals surface area contributed by atoms with E-state index in [2.05, 4.69) is 21.7 Å². The summed E-state index contributed by atoms with van der Waals surface area (Å²) in [6.07, 6.45) is 4.48. The van der Waals surface area contributed by atoms with Gasteiger partial charge in [0.2, 0.25) is 0 Å². The van der Waals surface area contributed by atoms with Gasteiger partial charge in [-0.2, -0.15) is 0 Å². The van der Waals surface area contributed by atoms with Gasteiger partial charge in [0.25, 0.3) is 0 Å². The standard InChI is InChI=1S/C18H21N3O3/c22-17(12-5-7-20(8-6-12)18(23)24)9-15-13-3-1-2-4-14(13)16-10-19-11-21(15)16/h1-4,10-12,15,17,22H,5-9H2,(H,23,24). The molecule has 1 amide bonds. The molecule has 24 heavy (non-hydrogen) atoms. The number of imidazole rings is 1. The molecule has 0 spiro atoms. The lowest BCUT2D eigenvalue weighted by Crippen LogP contribution is -2.40. The minimum atomic E-state index is -0.865. The summed E-state index contributed by atoms with van der Waals surface area (Å²) in [5.74, 6) is 0.153. The highest BCUT2D eigenvalue weighted by Crippen LogP contribution is 2.42. The Hall–Kier alpha value is -2.34. The summed E-state index contributed by atoms with van der Waals surface area (Å²) < 4.78 is 2.14. The van der Waals surface area contributed by atoms with Crippen LogP contribution in [-0.4, -0.2) is 50.0 Å². The van der Waals surface area contributed by atoms with Gasteiger partial charge in [0.05, 0.1) is 30.4 Å². The number of aliphatic hydroxyl groups excluding tert-OH is 1. The van der Waals surface area contributed by atoms with Crippen molar-refractivity contribution in [1.29, 1.82) is 0 Å². The Morgan fingerprint density at radius 1 is 1.29 bits per heavy atom. The monoisotopic (exact) mass is 327 g/mol. The second-order valence-electron chi connectivity index (χ2n) is 6.70. The van der Waals surface area contributed by atoms with E-state index in [0.29, 0.717) is 19.5 Å². The number of hydrogen-bond acceptors (Lipinski definition) is 3. The van der Waals surface area contributed by atoms with E-state index in [0.717, 1.165) is 18.5 Å². The molecule has 0 aliphatic carbocycles. The van der Waals surface area contributed by atoms with Gasteiger partial charge < -0.3 is 19.7 Å². The highest BCUT2D eigenvalue weighted by molar-refractivity contribution is 5.69. The number of nitrogens with zero attached hydrogens (tertiary/aromatic N) is 3. The Labute approximate surface area is 140 Å². The van der Waals surface area contributed by atoms with Crippen LogP contribution in [0.15, 0.2) is 36.8 Å². The van der Waals surface area contributed by atoms with E-state index in [1.807, 2.05) is 24.7 Å². The van der Waals surface area contributed by atoms with Crippen molar-refractivity contribution in [2.75, 3.05) is 13.1 Å².